The molecule has 3 rings (SSSR count). The molecule has 3 aromatic carbocycles. The van der Waals surface area contributed by atoms with Crippen LogP contribution in [0, 0.1) is 0 Å². The highest BCUT2D eigenvalue weighted by molar-refractivity contribution is 7.92. The van der Waals surface area contributed by atoms with Crippen molar-refractivity contribution in [2.75, 3.05) is 30.3 Å². The number of phenolic OH excluding ortho intramolecular Hbond substituents is 1. The molecule has 3 aromatic rings. The van der Waals surface area contributed by atoms with Gasteiger partial charge in [-0.25, -0.2) is 21.6 Å². The van der Waals surface area contributed by atoms with Crippen molar-refractivity contribution in [1.29, 1.82) is 0 Å². The van der Waals surface area contributed by atoms with Gasteiger partial charge in [-0.3, -0.25) is 9.52 Å². The Hall–Kier alpha value is -3.65. The topological polar surface area (TPSA) is 171 Å². The maximum absolute atomic E-state index is 12.5. The van der Waals surface area contributed by atoms with Crippen LogP contribution in [0.1, 0.15) is 41.4 Å². The van der Waals surface area contributed by atoms with Gasteiger partial charge in [0.1, 0.15) is 11.5 Å². The van der Waals surface area contributed by atoms with Crippen molar-refractivity contribution in [3.63, 3.8) is 0 Å². The predicted molar refractivity (Wildman–Crippen MR) is 158 cm³/mol. The van der Waals surface area contributed by atoms with Crippen LogP contribution in [0.3, 0.4) is 0 Å². The summed E-state index contributed by atoms with van der Waals surface area (Å²) in [5, 5.41) is 23.5. The van der Waals surface area contributed by atoms with Crippen LogP contribution in [0.25, 0.3) is 11.1 Å². The number of benzene rings is 3. The lowest BCUT2D eigenvalue weighted by Gasteiger charge is -2.16. The molecular formula is C28H35N3O8S2. The third kappa shape index (κ3) is 10.0. The van der Waals surface area contributed by atoms with Crippen molar-refractivity contribution in [1.82, 2.24) is 10.0 Å². The third-order valence-corrected chi connectivity index (χ3v) is 6.93. The number of nitrogens with one attached hydrogen (secondary N) is 3. The summed E-state index contributed by atoms with van der Waals surface area (Å²) in [5.74, 6) is -0.725. The smallest absolute Gasteiger partial charge is 0.268 e. The van der Waals surface area contributed by atoms with E-state index in [0.717, 1.165) is 29.2 Å². The monoisotopic (exact) mass is 605 g/mol. The minimum absolute atomic E-state index is 0.00107. The first-order chi connectivity index (χ1) is 19.1. The van der Waals surface area contributed by atoms with Crippen LogP contribution >= 0.6 is 0 Å². The Bertz CT molecular complexity index is 1590. The van der Waals surface area contributed by atoms with Crippen LogP contribution in [0.4, 0.5) is 5.69 Å². The van der Waals surface area contributed by atoms with Gasteiger partial charge in [-0.1, -0.05) is 36.4 Å². The fraction of sp³-hybridized carbons (Fsp3) is 0.321. The second kappa shape index (κ2) is 13.3. The van der Waals surface area contributed by atoms with Crippen molar-refractivity contribution in [2.24, 2.45) is 0 Å². The highest BCUT2D eigenvalue weighted by Crippen LogP contribution is 2.29. The number of aliphatic hydroxyl groups excluding tert-OH is 1. The summed E-state index contributed by atoms with van der Waals surface area (Å²) < 4.78 is 55.9. The number of sulfonamides is 2. The number of hydrogen-bond acceptors (Lipinski definition) is 9. The standard InChI is InChI=1S/C28H35N3O8S2/c1-18(2)39-27-16-21(9-11-23(27)28(34)31-41(4,37)38)20-7-5-19(6-8-20)13-14-29-17-26(33)22-10-12-25(32)24(15-22)30-40(3,35)36/h5-12,15-16,18,26,29-30,32-33H,13-14,17H2,1-4H3,(H,31,34)/t26-/m0/s1. The van der Waals surface area contributed by atoms with E-state index in [1.807, 2.05) is 42.8 Å². The summed E-state index contributed by atoms with van der Waals surface area (Å²) in [6, 6.07) is 17.0. The average molecular weight is 606 g/mol. The van der Waals surface area contributed by atoms with E-state index in [-0.39, 0.29) is 35.4 Å². The number of ether oxygens (including phenoxy) is 1. The Kier molecular flexibility index (Phi) is 10.4. The number of aliphatic hydroxyl groups is 1. The number of phenols is 1. The average Bonchev–Trinajstić information content (AvgIpc) is 2.86. The van der Waals surface area contributed by atoms with Crippen molar-refractivity contribution < 1.29 is 36.6 Å². The van der Waals surface area contributed by atoms with E-state index in [1.54, 1.807) is 12.1 Å². The zero-order valence-electron chi connectivity index (χ0n) is 23.2. The Balaban J connectivity index is 1.61. The normalized spacial score (nSPS) is 12.6. The molecule has 41 heavy (non-hydrogen) atoms. The number of anilines is 1. The second-order valence-corrected chi connectivity index (χ2v) is 13.4. The third-order valence-electron chi connectivity index (χ3n) is 5.78. The second-order valence-electron chi connectivity index (χ2n) is 9.90. The summed E-state index contributed by atoms with van der Waals surface area (Å²) in [4.78, 5) is 12.5. The number of carbonyl (C=O) groups is 1. The molecule has 0 saturated heterocycles. The number of aromatic hydroxyl groups is 1. The van der Waals surface area contributed by atoms with Gasteiger partial charge < -0.3 is 20.3 Å². The number of hydrogen-bond donors (Lipinski definition) is 5. The zero-order valence-corrected chi connectivity index (χ0v) is 24.8. The highest BCUT2D eigenvalue weighted by atomic mass is 32.2. The van der Waals surface area contributed by atoms with Crippen LogP contribution in [0.2, 0.25) is 0 Å². The minimum atomic E-state index is -3.73. The Morgan fingerprint density at radius 3 is 2.17 bits per heavy atom. The van der Waals surface area contributed by atoms with Crippen molar-refractivity contribution in [3.8, 4) is 22.6 Å². The van der Waals surface area contributed by atoms with Gasteiger partial charge in [0.05, 0.1) is 36.0 Å². The number of amides is 1. The maximum Gasteiger partial charge on any atom is 0.268 e. The van der Waals surface area contributed by atoms with Crippen molar-refractivity contribution >= 4 is 31.6 Å². The van der Waals surface area contributed by atoms with Gasteiger partial charge in [0, 0.05) is 6.54 Å². The van der Waals surface area contributed by atoms with Gasteiger partial charge >= 0.3 is 0 Å². The molecule has 5 N–H and O–H groups in total. The number of carbonyl (C=O) groups excluding carboxylic acids is 1. The quantitative estimate of drug-likeness (QED) is 0.145. The van der Waals surface area contributed by atoms with Crippen LogP contribution in [-0.2, 0) is 26.5 Å². The Morgan fingerprint density at radius 2 is 1.56 bits per heavy atom. The molecule has 0 heterocycles. The molecule has 1 amide bonds. The van der Waals surface area contributed by atoms with Crippen molar-refractivity contribution in [3.05, 3.63) is 77.4 Å². The molecule has 0 saturated carbocycles. The highest BCUT2D eigenvalue weighted by Gasteiger charge is 2.18. The Labute approximate surface area is 240 Å². The molecule has 0 aromatic heterocycles. The lowest BCUT2D eigenvalue weighted by molar-refractivity contribution is 0.0976. The molecule has 222 valence electrons. The first kappa shape index (κ1) is 31.9. The maximum atomic E-state index is 12.5. The minimum Gasteiger partial charge on any atom is -0.506 e. The van der Waals surface area contributed by atoms with E-state index in [1.165, 1.54) is 24.3 Å². The molecule has 0 fully saturated rings. The molecule has 1 atom stereocenters. The molecule has 0 radical (unpaired) electrons. The lowest BCUT2D eigenvalue weighted by Crippen LogP contribution is -2.30. The van der Waals surface area contributed by atoms with Crippen LogP contribution < -0.4 is 19.5 Å². The molecular weight excluding hydrogens is 570 g/mol. The zero-order chi connectivity index (χ0) is 30.4. The summed E-state index contributed by atoms with van der Waals surface area (Å²) in [6.45, 7) is 4.41. The van der Waals surface area contributed by atoms with Gasteiger partial charge in [0.2, 0.25) is 20.0 Å². The molecule has 0 bridgehead atoms. The SMILES string of the molecule is CC(C)Oc1cc(-c2ccc(CCNC[C@H](O)c3ccc(O)c(NS(C)(=O)=O)c3)cc2)ccc1C(=O)NS(C)(=O)=O. The van der Waals surface area contributed by atoms with E-state index in [9.17, 15) is 31.8 Å². The molecule has 0 unspecified atom stereocenters. The van der Waals surface area contributed by atoms with E-state index in [2.05, 4.69) is 10.0 Å². The molecule has 13 heteroatoms. The molecule has 0 aliphatic carbocycles. The van der Waals surface area contributed by atoms with Gasteiger partial charge in [-0.15, -0.1) is 0 Å². The largest absolute Gasteiger partial charge is 0.506 e. The lowest BCUT2D eigenvalue weighted by atomic mass is 10.0. The predicted octanol–water partition coefficient (Wildman–Crippen LogP) is 2.77. The van der Waals surface area contributed by atoms with Crippen LogP contribution in [0.15, 0.2) is 60.7 Å². The van der Waals surface area contributed by atoms with E-state index >= 15 is 0 Å². The van der Waals surface area contributed by atoms with E-state index < -0.39 is 32.1 Å². The first-order valence-electron chi connectivity index (χ1n) is 12.7. The fourth-order valence-corrected chi connectivity index (χ4v) is 4.97. The number of rotatable bonds is 13. The van der Waals surface area contributed by atoms with Crippen LogP contribution in [-0.4, -0.2) is 64.7 Å². The summed E-state index contributed by atoms with van der Waals surface area (Å²) >= 11 is 0. The Morgan fingerprint density at radius 1 is 0.902 bits per heavy atom. The van der Waals surface area contributed by atoms with Gasteiger partial charge in [-0.2, -0.15) is 0 Å². The van der Waals surface area contributed by atoms with Gasteiger partial charge in [0.25, 0.3) is 5.91 Å². The summed E-state index contributed by atoms with van der Waals surface area (Å²) in [5.41, 5.74) is 3.29. The molecule has 0 spiro atoms. The molecule has 0 aliphatic rings. The molecule has 11 nitrogen and oxygen atoms in total. The summed E-state index contributed by atoms with van der Waals surface area (Å²) in [6.07, 6.45) is 1.42. The molecule has 0 aliphatic heterocycles. The summed E-state index contributed by atoms with van der Waals surface area (Å²) in [7, 11) is -7.31. The van der Waals surface area contributed by atoms with E-state index in [4.69, 9.17) is 4.74 Å². The fourth-order valence-electron chi connectivity index (χ4n) is 3.96. The van der Waals surface area contributed by atoms with Crippen LogP contribution in [0.5, 0.6) is 11.5 Å². The van der Waals surface area contributed by atoms with Crippen molar-refractivity contribution in [2.45, 2.75) is 32.5 Å². The first-order valence-corrected chi connectivity index (χ1v) is 16.5. The van der Waals surface area contributed by atoms with Gasteiger partial charge in [0.15, 0.2) is 0 Å². The van der Waals surface area contributed by atoms with Gasteiger partial charge in [-0.05, 0) is 73.3 Å². The van der Waals surface area contributed by atoms with E-state index in [0.29, 0.717) is 18.5 Å².